The molecule has 0 saturated heterocycles. The van der Waals surface area contributed by atoms with Gasteiger partial charge in [0, 0.05) is 0 Å². The number of aromatic carboxylic acids is 1. The minimum Gasteiger partial charge on any atom is -0.496 e. The molecule has 0 bridgehead atoms. The highest BCUT2D eigenvalue weighted by Crippen LogP contribution is 2.27. The maximum absolute atomic E-state index is 12.9. The molecule has 0 aliphatic heterocycles. The standard InChI is InChI=1S/C15H12ClFO4/c1-20-14-6-9(2-4-11(14)15(18)19)8-21-13-5-3-10(17)7-12(13)16/h2-7H,8H2,1H3,(H,18,19). The number of carboxylic acid groups (broad SMARTS) is 1. The SMILES string of the molecule is COc1cc(COc2ccc(F)cc2Cl)ccc1C(=O)O. The van der Waals surface area contributed by atoms with Crippen molar-refractivity contribution in [3.05, 3.63) is 58.4 Å². The molecule has 0 unspecified atom stereocenters. The van der Waals surface area contributed by atoms with Crippen LogP contribution in [0.1, 0.15) is 15.9 Å². The Morgan fingerprint density at radius 1 is 1.24 bits per heavy atom. The lowest BCUT2D eigenvalue weighted by molar-refractivity contribution is 0.0693. The number of ether oxygens (including phenoxy) is 2. The number of rotatable bonds is 5. The fraction of sp³-hybridized carbons (Fsp3) is 0.133. The summed E-state index contributed by atoms with van der Waals surface area (Å²) in [4.78, 5) is 11.0. The van der Waals surface area contributed by atoms with Gasteiger partial charge >= 0.3 is 5.97 Å². The van der Waals surface area contributed by atoms with Crippen molar-refractivity contribution < 1.29 is 23.8 Å². The Hall–Kier alpha value is -2.27. The molecule has 1 N–H and O–H groups in total. The van der Waals surface area contributed by atoms with E-state index in [1.54, 1.807) is 12.1 Å². The van der Waals surface area contributed by atoms with Gasteiger partial charge in [0.1, 0.15) is 29.5 Å². The summed E-state index contributed by atoms with van der Waals surface area (Å²) >= 11 is 5.85. The molecule has 0 spiro atoms. The average Bonchev–Trinajstić information content (AvgIpc) is 2.45. The van der Waals surface area contributed by atoms with Crippen LogP contribution in [0.5, 0.6) is 11.5 Å². The van der Waals surface area contributed by atoms with Gasteiger partial charge in [-0.1, -0.05) is 17.7 Å². The van der Waals surface area contributed by atoms with E-state index >= 15 is 0 Å². The number of carbonyl (C=O) groups is 1. The van der Waals surface area contributed by atoms with Gasteiger partial charge in [-0.25, -0.2) is 9.18 Å². The van der Waals surface area contributed by atoms with Crippen LogP contribution in [0.25, 0.3) is 0 Å². The zero-order chi connectivity index (χ0) is 15.4. The smallest absolute Gasteiger partial charge is 0.339 e. The van der Waals surface area contributed by atoms with E-state index in [1.807, 2.05) is 0 Å². The molecule has 21 heavy (non-hydrogen) atoms. The van der Waals surface area contributed by atoms with Crippen molar-refractivity contribution in [2.24, 2.45) is 0 Å². The van der Waals surface area contributed by atoms with Gasteiger partial charge in [0.2, 0.25) is 0 Å². The molecule has 2 rings (SSSR count). The fourth-order valence-corrected chi connectivity index (χ4v) is 1.98. The van der Waals surface area contributed by atoms with Gasteiger partial charge in [-0.3, -0.25) is 0 Å². The van der Waals surface area contributed by atoms with E-state index in [9.17, 15) is 9.18 Å². The maximum atomic E-state index is 12.9. The van der Waals surface area contributed by atoms with E-state index in [-0.39, 0.29) is 22.9 Å². The van der Waals surface area contributed by atoms with Crippen LogP contribution in [0.2, 0.25) is 5.02 Å². The molecular weight excluding hydrogens is 299 g/mol. The third kappa shape index (κ3) is 3.64. The summed E-state index contributed by atoms with van der Waals surface area (Å²) < 4.78 is 23.4. The van der Waals surface area contributed by atoms with E-state index in [1.165, 1.54) is 25.3 Å². The van der Waals surface area contributed by atoms with Gasteiger partial charge in [-0.05, 0) is 35.9 Å². The molecule has 2 aromatic rings. The summed E-state index contributed by atoms with van der Waals surface area (Å²) in [5.74, 6) is -0.922. The lowest BCUT2D eigenvalue weighted by Crippen LogP contribution is -2.03. The van der Waals surface area contributed by atoms with Gasteiger partial charge in [0.05, 0.1) is 12.1 Å². The van der Waals surface area contributed by atoms with Crippen LogP contribution in [-0.4, -0.2) is 18.2 Å². The Labute approximate surface area is 125 Å². The fourth-order valence-electron chi connectivity index (χ4n) is 1.76. The monoisotopic (exact) mass is 310 g/mol. The van der Waals surface area contributed by atoms with E-state index in [0.29, 0.717) is 11.3 Å². The highest BCUT2D eigenvalue weighted by atomic mass is 35.5. The van der Waals surface area contributed by atoms with E-state index in [2.05, 4.69) is 0 Å². The van der Waals surface area contributed by atoms with Crippen LogP contribution in [0, 0.1) is 5.82 Å². The molecule has 0 aliphatic rings. The van der Waals surface area contributed by atoms with Gasteiger partial charge < -0.3 is 14.6 Å². The first-order chi connectivity index (χ1) is 10.0. The first kappa shape index (κ1) is 15.1. The van der Waals surface area contributed by atoms with Crippen LogP contribution in [-0.2, 0) is 6.61 Å². The third-order valence-corrected chi connectivity index (χ3v) is 3.08. The molecular formula is C15H12ClFO4. The molecule has 0 aromatic heterocycles. The average molecular weight is 311 g/mol. The second-order valence-corrected chi connectivity index (χ2v) is 4.61. The molecule has 0 radical (unpaired) electrons. The second kappa shape index (κ2) is 6.45. The predicted molar refractivity (Wildman–Crippen MR) is 75.7 cm³/mol. The van der Waals surface area contributed by atoms with Crippen molar-refractivity contribution in [1.29, 1.82) is 0 Å². The summed E-state index contributed by atoms with van der Waals surface area (Å²) in [7, 11) is 1.39. The van der Waals surface area contributed by atoms with Gasteiger partial charge in [-0.2, -0.15) is 0 Å². The minimum atomic E-state index is -1.07. The van der Waals surface area contributed by atoms with Crippen molar-refractivity contribution in [2.75, 3.05) is 7.11 Å². The molecule has 4 nitrogen and oxygen atoms in total. The van der Waals surface area contributed by atoms with Crippen molar-refractivity contribution in [1.82, 2.24) is 0 Å². The third-order valence-electron chi connectivity index (χ3n) is 2.78. The maximum Gasteiger partial charge on any atom is 0.339 e. The van der Waals surface area contributed by atoms with Gasteiger partial charge in [-0.15, -0.1) is 0 Å². The normalized spacial score (nSPS) is 10.2. The Kier molecular flexibility index (Phi) is 4.65. The van der Waals surface area contributed by atoms with Gasteiger partial charge in [0.25, 0.3) is 0 Å². The second-order valence-electron chi connectivity index (χ2n) is 4.20. The summed E-state index contributed by atoms with van der Waals surface area (Å²) in [6.07, 6.45) is 0. The zero-order valence-corrected chi connectivity index (χ0v) is 11.9. The molecule has 0 aliphatic carbocycles. The number of hydrogen-bond donors (Lipinski definition) is 1. The molecule has 110 valence electrons. The number of hydrogen-bond acceptors (Lipinski definition) is 3. The van der Waals surface area contributed by atoms with Crippen LogP contribution in [0.3, 0.4) is 0 Å². The lowest BCUT2D eigenvalue weighted by Gasteiger charge is -2.10. The molecule has 0 atom stereocenters. The summed E-state index contributed by atoms with van der Waals surface area (Å²) in [6.45, 7) is 0.154. The number of methoxy groups -OCH3 is 1. The summed E-state index contributed by atoms with van der Waals surface area (Å²) in [6, 6.07) is 8.46. The number of benzene rings is 2. The highest BCUT2D eigenvalue weighted by Gasteiger charge is 2.11. The zero-order valence-electron chi connectivity index (χ0n) is 11.1. The van der Waals surface area contributed by atoms with E-state index < -0.39 is 11.8 Å². The Balaban J connectivity index is 2.15. The van der Waals surface area contributed by atoms with Crippen molar-refractivity contribution in [2.45, 2.75) is 6.61 Å². The summed E-state index contributed by atoms with van der Waals surface area (Å²) in [5.41, 5.74) is 0.776. The van der Waals surface area contributed by atoms with Crippen LogP contribution in [0.4, 0.5) is 4.39 Å². The predicted octanol–water partition coefficient (Wildman–Crippen LogP) is 3.76. The Bertz CT molecular complexity index is 673. The first-order valence-corrected chi connectivity index (χ1v) is 6.37. The largest absolute Gasteiger partial charge is 0.496 e. The van der Waals surface area contributed by atoms with Crippen molar-refractivity contribution >= 4 is 17.6 Å². The van der Waals surface area contributed by atoms with Crippen molar-refractivity contribution in [3.8, 4) is 11.5 Å². The molecule has 2 aromatic carbocycles. The number of halogens is 2. The van der Waals surface area contributed by atoms with Crippen LogP contribution in [0.15, 0.2) is 36.4 Å². The van der Waals surface area contributed by atoms with Crippen LogP contribution < -0.4 is 9.47 Å². The quantitative estimate of drug-likeness (QED) is 0.913. The summed E-state index contributed by atoms with van der Waals surface area (Å²) in [5, 5.41) is 9.16. The molecule has 0 heterocycles. The molecule has 0 fully saturated rings. The van der Waals surface area contributed by atoms with Crippen LogP contribution >= 0.6 is 11.6 Å². The molecule has 0 amide bonds. The first-order valence-electron chi connectivity index (χ1n) is 5.99. The highest BCUT2D eigenvalue weighted by molar-refractivity contribution is 6.32. The lowest BCUT2D eigenvalue weighted by atomic mass is 10.1. The molecule has 6 heteroatoms. The van der Waals surface area contributed by atoms with E-state index in [0.717, 1.165) is 6.07 Å². The van der Waals surface area contributed by atoms with E-state index in [4.69, 9.17) is 26.2 Å². The molecule has 0 saturated carbocycles. The van der Waals surface area contributed by atoms with Gasteiger partial charge in [0.15, 0.2) is 0 Å². The number of carboxylic acids is 1. The Morgan fingerprint density at radius 2 is 2.00 bits per heavy atom. The Morgan fingerprint density at radius 3 is 2.62 bits per heavy atom. The topological polar surface area (TPSA) is 55.8 Å². The van der Waals surface area contributed by atoms with Crippen molar-refractivity contribution in [3.63, 3.8) is 0 Å². The minimum absolute atomic E-state index is 0.0704.